The summed E-state index contributed by atoms with van der Waals surface area (Å²) in [5.41, 5.74) is 3.77. The lowest BCUT2D eigenvalue weighted by Gasteiger charge is -2.35. The van der Waals surface area contributed by atoms with Gasteiger partial charge < -0.3 is 4.90 Å². The molecule has 0 radical (unpaired) electrons. The van der Waals surface area contributed by atoms with E-state index in [1.807, 2.05) is 36.4 Å². The standard InChI is InChI=1S/C24H26N4O/c29-24(23-13-22(25-26-23)20-9-5-2-6-10-20)28-16-19-11-12-21(28)17-27(15-19)14-18-7-3-1-4-8-18/h1-10,13,19,21H,11-12,14-17H2,(H,25,26)/t19-,21+/m0/s1. The number of hydrogen-bond acceptors (Lipinski definition) is 3. The quantitative estimate of drug-likeness (QED) is 0.742. The first-order valence-corrected chi connectivity index (χ1v) is 10.4. The average molecular weight is 386 g/mol. The summed E-state index contributed by atoms with van der Waals surface area (Å²) < 4.78 is 0. The summed E-state index contributed by atoms with van der Waals surface area (Å²) in [5.74, 6) is 0.619. The molecule has 3 aliphatic heterocycles. The summed E-state index contributed by atoms with van der Waals surface area (Å²) in [6, 6.07) is 22.8. The zero-order valence-corrected chi connectivity index (χ0v) is 16.5. The predicted octanol–water partition coefficient (Wildman–Crippen LogP) is 3.81. The molecule has 1 N–H and O–H groups in total. The van der Waals surface area contributed by atoms with Gasteiger partial charge in [0.1, 0.15) is 5.69 Å². The van der Waals surface area contributed by atoms with E-state index in [0.29, 0.717) is 11.6 Å². The highest BCUT2D eigenvalue weighted by atomic mass is 16.2. The number of hydrogen-bond donors (Lipinski definition) is 1. The molecule has 3 saturated heterocycles. The van der Waals surface area contributed by atoms with E-state index in [4.69, 9.17) is 0 Å². The summed E-state index contributed by atoms with van der Waals surface area (Å²) in [7, 11) is 0. The van der Waals surface area contributed by atoms with Crippen molar-refractivity contribution in [2.45, 2.75) is 25.4 Å². The van der Waals surface area contributed by atoms with Crippen LogP contribution in [0.1, 0.15) is 28.9 Å². The van der Waals surface area contributed by atoms with E-state index in [-0.39, 0.29) is 11.9 Å². The molecule has 29 heavy (non-hydrogen) atoms. The lowest BCUT2D eigenvalue weighted by molar-refractivity contribution is 0.0579. The minimum atomic E-state index is 0.0796. The summed E-state index contributed by atoms with van der Waals surface area (Å²) in [6.45, 7) is 3.80. The zero-order chi connectivity index (χ0) is 19.6. The van der Waals surface area contributed by atoms with Crippen molar-refractivity contribution in [2.24, 2.45) is 5.92 Å². The number of rotatable bonds is 4. The van der Waals surface area contributed by atoms with Gasteiger partial charge in [-0.2, -0.15) is 5.10 Å². The van der Waals surface area contributed by atoms with Gasteiger partial charge in [0.15, 0.2) is 0 Å². The van der Waals surface area contributed by atoms with Gasteiger partial charge in [-0.05, 0) is 30.4 Å². The minimum absolute atomic E-state index is 0.0796. The Morgan fingerprint density at radius 1 is 0.966 bits per heavy atom. The van der Waals surface area contributed by atoms with Crippen molar-refractivity contribution in [1.82, 2.24) is 20.0 Å². The Balaban J connectivity index is 1.32. The molecular formula is C24H26N4O. The van der Waals surface area contributed by atoms with Gasteiger partial charge in [-0.25, -0.2) is 0 Å². The van der Waals surface area contributed by atoms with Crippen LogP contribution in [0.3, 0.4) is 0 Å². The van der Waals surface area contributed by atoms with Crippen LogP contribution in [-0.2, 0) is 6.54 Å². The molecule has 0 spiro atoms. The summed E-state index contributed by atoms with van der Waals surface area (Å²) >= 11 is 0. The predicted molar refractivity (Wildman–Crippen MR) is 113 cm³/mol. The number of nitrogens with one attached hydrogen (secondary N) is 1. The van der Waals surface area contributed by atoms with E-state index in [2.05, 4.69) is 50.3 Å². The molecule has 148 valence electrons. The molecule has 3 aliphatic rings. The fourth-order valence-corrected chi connectivity index (χ4v) is 4.74. The summed E-state index contributed by atoms with van der Waals surface area (Å²) in [5, 5.41) is 7.35. The number of amides is 1. The summed E-state index contributed by atoms with van der Waals surface area (Å²) in [6.07, 6.45) is 2.29. The monoisotopic (exact) mass is 386 g/mol. The third-order valence-corrected chi connectivity index (χ3v) is 6.18. The number of carbonyl (C=O) groups is 1. The number of fused-ring (bicyclic) bond motifs is 4. The number of benzene rings is 2. The van der Waals surface area contributed by atoms with Crippen LogP contribution in [0.4, 0.5) is 0 Å². The molecule has 3 aromatic rings. The molecule has 6 rings (SSSR count). The van der Waals surface area contributed by atoms with Crippen LogP contribution in [-0.4, -0.2) is 51.6 Å². The van der Waals surface area contributed by atoms with Crippen LogP contribution in [0.5, 0.6) is 0 Å². The molecule has 1 amide bonds. The molecule has 2 bridgehead atoms. The van der Waals surface area contributed by atoms with Crippen LogP contribution < -0.4 is 0 Å². The van der Waals surface area contributed by atoms with Crippen LogP contribution in [0.25, 0.3) is 11.3 Å². The fourth-order valence-electron chi connectivity index (χ4n) is 4.74. The Morgan fingerprint density at radius 3 is 2.52 bits per heavy atom. The number of H-pyrrole nitrogens is 1. The molecule has 1 aromatic heterocycles. The van der Waals surface area contributed by atoms with Crippen LogP contribution >= 0.6 is 0 Å². The molecule has 2 atom stereocenters. The highest BCUT2D eigenvalue weighted by Gasteiger charge is 2.37. The Bertz CT molecular complexity index is 969. The SMILES string of the molecule is O=C(c1cc(-c2ccccc2)n[nH]1)N1C[C@H]2CC[C@@H]1CN(Cc1ccccc1)C2. The number of carbonyl (C=O) groups excluding carboxylic acids is 1. The molecule has 0 saturated carbocycles. The van der Waals surface area contributed by atoms with Crippen molar-refractivity contribution in [2.75, 3.05) is 19.6 Å². The van der Waals surface area contributed by atoms with Gasteiger partial charge in [0.25, 0.3) is 5.91 Å². The first-order valence-electron chi connectivity index (χ1n) is 10.4. The highest BCUT2D eigenvalue weighted by molar-refractivity contribution is 5.93. The van der Waals surface area contributed by atoms with E-state index >= 15 is 0 Å². The highest BCUT2D eigenvalue weighted by Crippen LogP contribution is 2.30. The van der Waals surface area contributed by atoms with Crippen molar-refractivity contribution >= 4 is 5.91 Å². The average Bonchev–Trinajstić information content (AvgIpc) is 3.10. The molecule has 3 fully saturated rings. The second-order valence-electron chi connectivity index (χ2n) is 8.27. The van der Waals surface area contributed by atoms with Crippen molar-refractivity contribution in [3.63, 3.8) is 0 Å². The lowest BCUT2D eigenvalue weighted by Crippen LogP contribution is -2.47. The zero-order valence-electron chi connectivity index (χ0n) is 16.5. The maximum Gasteiger partial charge on any atom is 0.272 e. The van der Waals surface area contributed by atoms with Crippen LogP contribution in [0.2, 0.25) is 0 Å². The third-order valence-electron chi connectivity index (χ3n) is 6.18. The second kappa shape index (κ2) is 7.84. The van der Waals surface area contributed by atoms with Gasteiger partial charge in [0.2, 0.25) is 0 Å². The number of piperidine rings is 1. The maximum absolute atomic E-state index is 13.3. The first kappa shape index (κ1) is 18.1. The molecule has 5 heteroatoms. The molecule has 2 aromatic carbocycles. The van der Waals surface area contributed by atoms with E-state index < -0.39 is 0 Å². The Hall–Kier alpha value is -2.92. The van der Waals surface area contributed by atoms with Gasteiger partial charge in [-0.3, -0.25) is 14.8 Å². The smallest absolute Gasteiger partial charge is 0.272 e. The normalized spacial score (nSPS) is 21.9. The maximum atomic E-state index is 13.3. The van der Waals surface area contributed by atoms with Crippen molar-refractivity contribution in [1.29, 1.82) is 0 Å². The number of nitrogens with zero attached hydrogens (tertiary/aromatic N) is 3. The first-order chi connectivity index (χ1) is 14.3. The number of aromatic amines is 1. The van der Waals surface area contributed by atoms with E-state index in [1.54, 1.807) is 0 Å². The van der Waals surface area contributed by atoms with Crippen molar-refractivity contribution in [3.05, 3.63) is 78.0 Å². The van der Waals surface area contributed by atoms with Gasteiger partial charge in [0, 0.05) is 37.8 Å². The molecule has 4 heterocycles. The Kier molecular flexibility index (Phi) is 4.90. The van der Waals surface area contributed by atoms with Crippen molar-refractivity contribution < 1.29 is 4.79 Å². The van der Waals surface area contributed by atoms with E-state index in [0.717, 1.165) is 43.9 Å². The molecular weight excluding hydrogens is 360 g/mol. The molecule has 5 nitrogen and oxygen atoms in total. The fraction of sp³-hybridized carbons (Fsp3) is 0.333. The van der Waals surface area contributed by atoms with Crippen LogP contribution in [0.15, 0.2) is 66.7 Å². The largest absolute Gasteiger partial charge is 0.333 e. The van der Waals surface area contributed by atoms with Crippen LogP contribution in [0, 0.1) is 5.92 Å². The second-order valence-corrected chi connectivity index (χ2v) is 8.27. The van der Waals surface area contributed by atoms with Gasteiger partial charge in [-0.1, -0.05) is 60.7 Å². The Morgan fingerprint density at radius 2 is 1.72 bits per heavy atom. The van der Waals surface area contributed by atoms with Crippen molar-refractivity contribution in [3.8, 4) is 11.3 Å². The Labute approximate surface area is 171 Å². The number of aromatic nitrogens is 2. The summed E-state index contributed by atoms with van der Waals surface area (Å²) in [4.78, 5) is 17.9. The topological polar surface area (TPSA) is 52.2 Å². The molecule has 0 unspecified atom stereocenters. The van der Waals surface area contributed by atoms with Gasteiger partial charge in [0.05, 0.1) is 5.69 Å². The van der Waals surface area contributed by atoms with Gasteiger partial charge >= 0.3 is 0 Å². The van der Waals surface area contributed by atoms with Gasteiger partial charge in [-0.15, -0.1) is 0 Å². The lowest BCUT2D eigenvalue weighted by atomic mass is 9.94. The third kappa shape index (κ3) is 3.83. The molecule has 0 aliphatic carbocycles. The minimum Gasteiger partial charge on any atom is -0.333 e. The van der Waals surface area contributed by atoms with E-state index in [9.17, 15) is 4.79 Å². The van der Waals surface area contributed by atoms with E-state index in [1.165, 1.54) is 12.0 Å².